The van der Waals surface area contributed by atoms with Gasteiger partial charge in [-0.25, -0.2) is 9.97 Å². The Bertz CT molecular complexity index is 410. The van der Waals surface area contributed by atoms with Crippen LogP contribution in [0.15, 0.2) is 18.5 Å². The summed E-state index contributed by atoms with van der Waals surface area (Å²) in [6.07, 6.45) is 9.30. The molecule has 116 valence electrons. The number of aromatic nitrogens is 2. The molecule has 2 fully saturated rings. The molecule has 1 saturated carbocycles. The van der Waals surface area contributed by atoms with Crippen molar-refractivity contribution in [2.24, 2.45) is 5.92 Å². The predicted molar refractivity (Wildman–Crippen MR) is 85.5 cm³/mol. The van der Waals surface area contributed by atoms with Crippen LogP contribution in [0.25, 0.3) is 0 Å². The molecule has 0 spiro atoms. The molecule has 5 nitrogen and oxygen atoms in total. The van der Waals surface area contributed by atoms with Gasteiger partial charge in [-0.05, 0) is 31.9 Å². The highest BCUT2D eigenvalue weighted by molar-refractivity contribution is 5.29. The molecule has 1 aliphatic carbocycles. The van der Waals surface area contributed by atoms with Crippen molar-refractivity contribution in [3.05, 3.63) is 18.5 Å². The molecule has 3 rings (SSSR count). The number of rotatable bonds is 5. The number of hydrogen-bond donors (Lipinski definition) is 1. The van der Waals surface area contributed by atoms with Crippen LogP contribution in [-0.2, 0) is 0 Å². The van der Waals surface area contributed by atoms with Gasteiger partial charge in [0.1, 0.15) is 0 Å². The zero-order valence-electron chi connectivity index (χ0n) is 13.0. The quantitative estimate of drug-likeness (QED) is 0.887. The zero-order chi connectivity index (χ0) is 14.5. The first-order valence-electron chi connectivity index (χ1n) is 8.28. The van der Waals surface area contributed by atoms with Gasteiger partial charge in [0.15, 0.2) is 0 Å². The Balaban J connectivity index is 1.49. The fourth-order valence-electron chi connectivity index (χ4n) is 3.70. The van der Waals surface area contributed by atoms with Crippen LogP contribution < -0.4 is 10.2 Å². The number of nitrogens with zero attached hydrogens (tertiary/aromatic N) is 4. The molecule has 1 aromatic rings. The van der Waals surface area contributed by atoms with Gasteiger partial charge >= 0.3 is 0 Å². The zero-order valence-corrected chi connectivity index (χ0v) is 13.0. The molecule has 0 bridgehead atoms. The van der Waals surface area contributed by atoms with Crippen LogP contribution in [-0.4, -0.2) is 60.7 Å². The van der Waals surface area contributed by atoms with Crippen molar-refractivity contribution >= 4 is 5.95 Å². The Morgan fingerprint density at radius 3 is 2.43 bits per heavy atom. The first kappa shape index (κ1) is 14.7. The number of likely N-dealkylation sites (N-methyl/N-ethyl adjacent to an activating group) is 1. The van der Waals surface area contributed by atoms with Crippen molar-refractivity contribution in [1.29, 1.82) is 0 Å². The lowest BCUT2D eigenvalue weighted by atomic mass is 9.97. The van der Waals surface area contributed by atoms with Gasteiger partial charge in [0.05, 0.1) is 0 Å². The first-order chi connectivity index (χ1) is 10.4. The van der Waals surface area contributed by atoms with Gasteiger partial charge in [-0.15, -0.1) is 0 Å². The third kappa shape index (κ3) is 3.71. The van der Waals surface area contributed by atoms with E-state index in [4.69, 9.17) is 0 Å². The van der Waals surface area contributed by atoms with Gasteiger partial charge in [0.25, 0.3) is 0 Å². The summed E-state index contributed by atoms with van der Waals surface area (Å²) in [6.45, 7) is 5.48. The lowest BCUT2D eigenvalue weighted by Gasteiger charge is -2.37. The van der Waals surface area contributed by atoms with Crippen molar-refractivity contribution in [3.8, 4) is 0 Å². The van der Waals surface area contributed by atoms with E-state index in [9.17, 15) is 0 Å². The Labute approximate surface area is 127 Å². The third-order valence-corrected chi connectivity index (χ3v) is 5.00. The van der Waals surface area contributed by atoms with Gasteiger partial charge in [-0.1, -0.05) is 12.8 Å². The standard InChI is InChI=1S/C16H27N5/c1-17-15(14-5-2-3-6-14)13-20-9-11-21(12-10-20)16-18-7-4-8-19-16/h4,7-8,14-15,17H,2-3,5-6,9-13H2,1H3. The van der Waals surface area contributed by atoms with Gasteiger partial charge < -0.3 is 10.2 Å². The molecule has 1 unspecified atom stereocenters. The van der Waals surface area contributed by atoms with E-state index in [0.29, 0.717) is 6.04 Å². The van der Waals surface area contributed by atoms with Crippen LogP contribution in [0.5, 0.6) is 0 Å². The second kappa shape index (κ2) is 7.18. The van der Waals surface area contributed by atoms with Crippen molar-refractivity contribution < 1.29 is 0 Å². The molecule has 2 heterocycles. The van der Waals surface area contributed by atoms with E-state index >= 15 is 0 Å². The van der Waals surface area contributed by atoms with Crippen LogP contribution in [0, 0.1) is 5.92 Å². The number of nitrogens with one attached hydrogen (secondary N) is 1. The van der Waals surface area contributed by atoms with Crippen molar-refractivity contribution in [3.63, 3.8) is 0 Å². The fraction of sp³-hybridized carbons (Fsp3) is 0.750. The number of anilines is 1. The maximum absolute atomic E-state index is 4.35. The third-order valence-electron chi connectivity index (χ3n) is 5.00. The lowest BCUT2D eigenvalue weighted by Crippen LogP contribution is -2.52. The van der Waals surface area contributed by atoms with E-state index in [2.05, 4.69) is 32.1 Å². The molecule has 1 saturated heterocycles. The minimum absolute atomic E-state index is 0.659. The summed E-state index contributed by atoms with van der Waals surface area (Å²) in [4.78, 5) is 13.6. The SMILES string of the molecule is CNC(CN1CCN(c2ncccn2)CC1)C1CCCC1. The van der Waals surface area contributed by atoms with Crippen molar-refractivity contribution in [2.45, 2.75) is 31.7 Å². The number of hydrogen-bond acceptors (Lipinski definition) is 5. The van der Waals surface area contributed by atoms with E-state index in [0.717, 1.165) is 38.0 Å². The summed E-state index contributed by atoms with van der Waals surface area (Å²) in [5.41, 5.74) is 0. The fourth-order valence-corrected chi connectivity index (χ4v) is 3.70. The average Bonchev–Trinajstić information content (AvgIpc) is 3.08. The van der Waals surface area contributed by atoms with E-state index in [1.54, 1.807) is 0 Å². The van der Waals surface area contributed by atoms with E-state index in [1.165, 1.54) is 32.2 Å². The van der Waals surface area contributed by atoms with E-state index in [-0.39, 0.29) is 0 Å². The Kier molecular flexibility index (Phi) is 5.04. The summed E-state index contributed by atoms with van der Waals surface area (Å²) >= 11 is 0. The average molecular weight is 289 g/mol. The topological polar surface area (TPSA) is 44.3 Å². The van der Waals surface area contributed by atoms with E-state index in [1.807, 2.05) is 18.5 Å². The molecule has 5 heteroatoms. The Morgan fingerprint density at radius 2 is 1.81 bits per heavy atom. The van der Waals surface area contributed by atoms with Crippen LogP contribution in [0.1, 0.15) is 25.7 Å². The number of piperazine rings is 1. The Morgan fingerprint density at radius 1 is 1.14 bits per heavy atom. The molecule has 1 aliphatic heterocycles. The maximum Gasteiger partial charge on any atom is 0.225 e. The minimum Gasteiger partial charge on any atom is -0.338 e. The highest BCUT2D eigenvalue weighted by Gasteiger charge is 2.27. The molecular weight excluding hydrogens is 262 g/mol. The molecule has 2 aliphatic rings. The first-order valence-corrected chi connectivity index (χ1v) is 8.28. The molecule has 0 radical (unpaired) electrons. The predicted octanol–water partition coefficient (Wildman–Crippen LogP) is 1.38. The highest BCUT2D eigenvalue weighted by atomic mass is 15.3. The summed E-state index contributed by atoms with van der Waals surface area (Å²) in [6, 6.07) is 2.53. The Hall–Kier alpha value is -1.20. The van der Waals surface area contributed by atoms with Gasteiger partial charge in [-0.2, -0.15) is 0 Å². The van der Waals surface area contributed by atoms with Gasteiger partial charge in [0.2, 0.25) is 5.95 Å². The highest BCUT2D eigenvalue weighted by Crippen LogP contribution is 2.28. The molecule has 1 aromatic heterocycles. The molecule has 1 atom stereocenters. The second-order valence-corrected chi connectivity index (χ2v) is 6.28. The van der Waals surface area contributed by atoms with Crippen molar-refractivity contribution in [2.75, 3.05) is 44.7 Å². The monoisotopic (exact) mass is 289 g/mol. The van der Waals surface area contributed by atoms with Gasteiger partial charge in [-0.3, -0.25) is 4.90 Å². The smallest absolute Gasteiger partial charge is 0.225 e. The molecular formula is C16H27N5. The second-order valence-electron chi connectivity index (χ2n) is 6.28. The summed E-state index contributed by atoms with van der Waals surface area (Å²) in [5.74, 6) is 1.75. The van der Waals surface area contributed by atoms with Crippen molar-refractivity contribution in [1.82, 2.24) is 20.2 Å². The normalized spacial score (nSPS) is 22.6. The molecule has 0 amide bonds. The maximum atomic E-state index is 4.35. The van der Waals surface area contributed by atoms with E-state index < -0.39 is 0 Å². The van der Waals surface area contributed by atoms with Crippen LogP contribution in [0.2, 0.25) is 0 Å². The molecule has 1 N–H and O–H groups in total. The summed E-state index contributed by atoms with van der Waals surface area (Å²) < 4.78 is 0. The lowest BCUT2D eigenvalue weighted by molar-refractivity contribution is 0.203. The summed E-state index contributed by atoms with van der Waals surface area (Å²) in [7, 11) is 2.12. The summed E-state index contributed by atoms with van der Waals surface area (Å²) in [5, 5.41) is 3.55. The van der Waals surface area contributed by atoms with Crippen LogP contribution in [0.4, 0.5) is 5.95 Å². The van der Waals surface area contributed by atoms with Crippen LogP contribution in [0.3, 0.4) is 0 Å². The minimum atomic E-state index is 0.659. The largest absolute Gasteiger partial charge is 0.338 e. The molecule has 0 aromatic carbocycles. The van der Waals surface area contributed by atoms with Gasteiger partial charge in [0, 0.05) is 51.2 Å². The molecule has 21 heavy (non-hydrogen) atoms. The van der Waals surface area contributed by atoms with Crippen LogP contribution >= 0.6 is 0 Å².